The molecule has 0 amide bonds. The lowest BCUT2D eigenvalue weighted by molar-refractivity contribution is 0.765. The van der Waals surface area contributed by atoms with Crippen LogP contribution in [0.5, 0.6) is 0 Å². The fourth-order valence-electron chi connectivity index (χ4n) is 4.38. The summed E-state index contributed by atoms with van der Waals surface area (Å²) < 4.78 is 2.62. The third-order valence-corrected chi connectivity index (χ3v) is 11.8. The van der Waals surface area contributed by atoms with Crippen molar-refractivity contribution in [3.8, 4) is 0 Å². The van der Waals surface area contributed by atoms with Gasteiger partial charge in [0.2, 0.25) is 0 Å². The molecule has 2 nitrogen and oxygen atoms in total. The zero-order chi connectivity index (χ0) is 15.6. The summed E-state index contributed by atoms with van der Waals surface area (Å²) in [5, 5.41) is 0. The summed E-state index contributed by atoms with van der Waals surface area (Å²) in [6.45, 7) is 14.5. The molecule has 0 aliphatic rings. The molecular formula is C18H30N2Si. The van der Waals surface area contributed by atoms with E-state index in [0.717, 1.165) is 23.0 Å². The molecule has 0 fully saturated rings. The van der Waals surface area contributed by atoms with Crippen LogP contribution in [0.25, 0.3) is 0 Å². The van der Waals surface area contributed by atoms with Gasteiger partial charge in [-0.1, -0.05) is 41.5 Å². The maximum atomic E-state index is 3.30. The third kappa shape index (κ3) is 2.89. The van der Waals surface area contributed by atoms with E-state index in [1.165, 1.54) is 11.3 Å². The summed E-state index contributed by atoms with van der Waals surface area (Å²) in [6.07, 6.45) is 7.75. The minimum Gasteiger partial charge on any atom is -0.379 e. The van der Waals surface area contributed by atoms with Gasteiger partial charge in [0.25, 0.3) is 0 Å². The minimum atomic E-state index is -1.58. The molecular weight excluding hydrogens is 272 g/mol. The first-order valence-electron chi connectivity index (χ1n) is 8.18. The number of nitrogens with one attached hydrogen (secondary N) is 1. The van der Waals surface area contributed by atoms with Crippen LogP contribution in [0, 0.1) is 0 Å². The Morgan fingerprint density at radius 2 is 1.62 bits per heavy atom. The van der Waals surface area contributed by atoms with Crippen molar-refractivity contribution in [3.05, 3.63) is 48.0 Å². The minimum absolute atomic E-state index is 0.739. The molecule has 1 N–H and O–H groups in total. The number of aromatic amines is 1. The number of H-pyrrole nitrogens is 1. The van der Waals surface area contributed by atoms with Gasteiger partial charge in [-0.2, -0.15) is 0 Å². The predicted molar refractivity (Wildman–Crippen MR) is 94.5 cm³/mol. The topological polar surface area (TPSA) is 20.7 Å². The van der Waals surface area contributed by atoms with Crippen molar-refractivity contribution >= 4 is 8.24 Å². The third-order valence-electron chi connectivity index (χ3n) is 5.03. The Bertz CT molecular complexity index is 528. The van der Waals surface area contributed by atoms with Crippen LogP contribution in [0.1, 0.15) is 52.8 Å². The van der Waals surface area contributed by atoms with Crippen LogP contribution in [-0.2, 0) is 6.42 Å². The predicted octanol–water partition coefficient (Wildman–Crippen LogP) is 5.43. The van der Waals surface area contributed by atoms with Crippen LogP contribution >= 0.6 is 0 Å². The summed E-state index contributed by atoms with van der Waals surface area (Å²) in [7, 11) is -1.58. The van der Waals surface area contributed by atoms with E-state index in [1.54, 1.807) is 0 Å². The van der Waals surface area contributed by atoms with Gasteiger partial charge in [-0.3, -0.25) is 0 Å². The van der Waals surface area contributed by atoms with Gasteiger partial charge in [0.1, 0.15) is 0 Å². The fourth-order valence-corrected chi connectivity index (χ4v) is 10.9. The molecule has 2 rings (SSSR count). The highest BCUT2D eigenvalue weighted by atomic mass is 28.3. The van der Waals surface area contributed by atoms with E-state index < -0.39 is 8.24 Å². The summed E-state index contributed by atoms with van der Waals surface area (Å²) in [5.74, 6) is 0. The SMILES string of the molecule is CC(C)[Si](C(C)C)(C(C)C)n1ccc(Cc2ccc[nH]2)c1. The Balaban J connectivity index is 2.36. The number of nitrogens with zero attached hydrogens (tertiary/aromatic N) is 1. The molecule has 0 spiro atoms. The van der Waals surface area contributed by atoms with Gasteiger partial charge in [-0.25, -0.2) is 0 Å². The number of rotatable bonds is 6. The van der Waals surface area contributed by atoms with Gasteiger partial charge >= 0.3 is 0 Å². The second kappa shape index (κ2) is 6.26. The number of aromatic nitrogens is 2. The van der Waals surface area contributed by atoms with Crippen molar-refractivity contribution in [2.45, 2.75) is 64.6 Å². The molecule has 0 aliphatic carbocycles. The lowest BCUT2D eigenvalue weighted by Gasteiger charge is -2.44. The lowest BCUT2D eigenvalue weighted by atomic mass is 10.2. The first-order valence-corrected chi connectivity index (χ1v) is 10.4. The monoisotopic (exact) mass is 302 g/mol. The Labute approximate surface area is 130 Å². The van der Waals surface area contributed by atoms with Gasteiger partial charge in [0, 0.05) is 18.3 Å². The normalized spacial score (nSPS) is 12.8. The molecule has 0 radical (unpaired) electrons. The van der Waals surface area contributed by atoms with Crippen molar-refractivity contribution in [1.82, 2.24) is 9.22 Å². The van der Waals surface area contributed by atoms with E-state index in [9.17, 15) is 0 Å². The standard InChI is InChI=1S/C18H30N2Si/c1-14(2)21(15(3)4,16(5)6)20-11-9-17(13-20)12-18-8-7-10-19-18/h7-11,13-16,19H,12H2,1-6H3. The summed E-state index contributed by atoms with van der Waals surface area (Å²) >= 11 is 0. The average molecular weight is 303 g/mol. The summed E-state index contributed by atoms with van der Waals surface area (Å²) in [5.41, 5.74) is 4.92. The number of hydrogen-bond donors (Lipinski definition) is 1. The molecule has 0 bridgehead atoms. The van der Waals surface area contributed by atoms with Crippen LogP contribution in [0.4, 0.5) is 0 Å². The van der Waals surface area contributed by atoms with E-state index in [-0.39, 0.29) is 0 Å². The fraction of sp³-hybridized carbons (Fsp3) is 0.556. The Kier molecular flexibility index (Phi) is 4.82. The van der Waals surface area contributed by atoms with Crippen LogP contribution in [0.15, 0.2) is 36.8 Å². The Hall–Kier alpha value is -1.22. The van der Waals surface area contributed by atoms with Crippen molar-refractivity contribution < 1.29 is 0 Å². The molecule has 0 saturated heterocycles. The quantitative estimate of drug-likeness (QED) is 0.687. The second-order valence-corrected chi connectivity index (χ2v) is 12.9. The van der Waals surface area contributed by atoms with Crippen molar-refractivity contribution in [3.63, 3.8) is 0 Å². The van der Waals surface area contributed by atoms with Crippen molar-refractivity contribution in [1.29, 1.82) is 0 Å². The molecule has 21 heavy (non-hydrogen) atoms. The largest absolute Gasteiger partial charge is 0.379 e. The molecule has 0 aromatic carbocycles. The van der Waals surface area contributed by atoms with E-state index in [2.05, 4.69) is 81.4 Å². The molecule has 116 valence electrons. The molecule has 0 saturated carbocycles. The van der Waals surface area contributed by atoms with E-state index in [0.29, 0.717) is 0 Å². The summed E-state index contributed by atoms with van der Waals surface area (Å²) in [6, 6.07) is 6.53. The zero-order valence-corrected chi connectivity index (χ0v) is 15.4. The lowest BCUT2D eigenvalue weighted by Crippen LogP contribution is -2.51. The molecule has 2 heterocycles. The Morgan fingerprint density at radius 1 is 1.00 bits per heavy atom. The summed E-state index contributed by atoms with van der Waals surface area (Å²) in [4.78, 5) is 3.30. The average Bonchev–Trinajstić information content (AvgIpc) is 3.01. The van der Waals surface area contributed by atoms with E-state index in [1.807, 2.05) is 6.20 Å². The molecule has 0 atom stereocenters. The molecule has 3 heteroatoms. The highest BCUT2D eigenvalue weighted by molar-refractivity contribution is 6.82. The van der Waals surface area contributed by atoms with Gasteiger partial charge in [-0.15, -0.1) is 0 Å². The van der Waals surface area contributed by atoms with Crippen LogP contribution in [0.3, 0.4) is 0 Å². The van der Waals surface area contributed by atoms with Crippen LogP contribution in [-0.4, -0.2) is 17.5 Å². The maximum Gasteiger partial charge on any atom is 0.168 e. The smallest absolute Gasteiger partial charge is 0.168 e. The van der Waals surface area contributed by atoms with E-state index in [4.69, 9.17) is 0 Å². The highest BCUT2D eigenvalue weighted by Crippen LogP contribution is 2.42. The van der Waals surface area contributed by atoms with Crippen LogP contribution < -0.4 is 0 Å². The second-order valence-electron chi connectivity index (χ2n) is 7.15. The Morgan fingerprint density at radius 3 is 2.10 bits per heavy atom. The van der Waals surface area contributed by atoms with E-state index >= 15 is 0 Å². The maximum absolute atomic E-state index is 3.30. The molecule has 0 aliphatic heterocycles. The van der Waals surface area contributed by atoms with Gasteiger partial charge in [0.15, 0.2) is 8.24 Å². The van der Waals surface area contributed by atoms with Crippen molar-refractivity contribution in [2.75, 3.05) is 0 Å². The van der Waals surface area contributed by atoms with Crippen LogP contribution in [0.2, 0.25) is 16.6 Å². The van der Waals surface area contributed by atoms with Gasteiger partial charge in [-0.05, 0) is 52.8 Å². The van der Waals surface area contributed by atoms with Gasteiger partial charge < -0.3 is 9.22 Å². The van der Waals surface area contributed by atoms with Gasteiger partial charge in [0.05, 0.1) is 0 Å². The molecule has 0 unspecified atom stereocenters. The highest BCUT2D eigenvalue weighted by Gasteiger charge is 2.44. The molecule has 2 aromatic rings. The van der Waals surface area contributed by atoms with Crippen molar-refractivity contribution in [2.24, 2.45) is 0 Å². The first-order chi connectivity index (χ1) is 9.88. The number of hydrogen-bond acceptors (Lipinski definition) is 0. The zero-order valence-electron chi connectivity index (χ0n) is 14.4. The molecule has 2 aromatic heterocycles. The first kappa shape index (κ1) is 16.2.